The largest absolute Gasteiger partial charge is 0.377 e. The molecule has 1 aromatic carbocycles. The predicted molar refractivity (Wildman–Crippen MR) is 67.1 cm³/mol. The molecular formula is C14H24O. The lowest BCUT2D eigenvalue weighted by atomic mass is 10.1. The maximum atomic E-state index is 5.32. The SMILES string of the molecule is CC.CCCc1ccc(COCC)cc1. The van der Waals surface area contributed by atoms with Crippen LogP contribution in [-0.4, -0.2) is 6.61 Å². The van der Waals surface area contributed by atoms with Crippen molar-refractivity contribution in [2.45, 2.75) is 47.1 Å². The molecule has 0 aliphatic heterocycles. The van der Waals surface area contributed by atoms with Gasteiger partial charge in [0.2, 0.25) is 0 Å². The molecule has 1 aromatic rings. The normalized spacial score (nSPS) is 9.33. The summed E-state index contributed by atoms with van der Waals surface area (Å²) in [6.45, 7) is 9.75. The number of aryl methyl sites for hydroxylation is 1. The van der Waals surface area contributed by atoms with Crippen LogP contribution in [0.1, 0.15) is 45.2 Å². The highest BCUT2D eigenvalue weighted by molar-refractivity contribution is 5.21. The number of ether oxygens (including phenoxy) is 1. The fourth-order valence-corrected chi connectivity index (χ4v) is 1.31. The molecule has 1 rings (SSSR count). The van der Waals surface area contributed by atoms with Gasteiger partial charge in [-0.1, -0.05) is 51.5 Å². The maximum absolute atomic E-state index is 5.32. The lowest BCUT2D eigenvalue weighted by Gasteiger charge is -2.03. The first-order valence-corrected chi connectivity index (χ1v) is 6.02. The Hall–Kier alpha value is -0.820. The fourth-order valence-electron chi connectivity index (χ4n) is 1.31. The van der Waals surface area contributed by atoms with Gasteiger partial charge in [0.15, 0.2) is 0 Å². The molecule has 0 atom stereocenters. The molecule has 0 saturated carbocycles. The van der Waals surface area contributed by atoms with Gasteiger partial charge in [-0.25, -0.2) is 0 Å². The highest BCUT2D eigenvalue weighted by Gasteiger charge is 1.93. The highest BCUT2D eigenvalue weighted by Crippen LogP contribution is 2.07. The smallest absolute Gasteiger partial charge is 0.0716 e. The first kappa shape index (κ1) is 14.2. The summed E-state index contributed by atoms with van der Waals surface area (Å²) in [5.74, 6) is 0. The molecule has 15 heavy (non-hydrogen) atoms. The van der Waals surface area contributed by atoms with Crippen molar-refractivity contribution in [1.29, 1.82) is 0 Å². The van der Waals surface area contributed by atoms with E-state index >= 15 is 0 Å². The third kappa shape index (κ3) is 6.29. The summed E-state index contributed by atoms with van der Waals surface area (Å²) in [6, 6.07) is 8.69. The Labute approximate surface area is 94.5 Å². The number of benzene rings is 1. The number of rotatable bonds is 5. The summed E-state index contributed by atoms with van der Waals surface area (Å²) in [5, 5.41) is 0. The molecule has 1 heteroatoms. The van der Waals surface area contributed by atoms with Crippen molar-refractivity contribution in [3.8, 4) is 0 Å². The quantitative estimate of drug-likeness (QED) is 0.704. The molecule has 0 saturated heterocycles. The first-order valence-electron chi connectivity index (χ1n) is 6.02. The summed E-state index contributed by atoms with van der Waals surface area (Å²) < 4.78 is 5.32. The molecule has 86 valence electrons. The monoisotopic (exact) mass is 208 g/mol. The van der Waals surface area contributed by atoms with Crippen LogP contribution in [0.15, 0.2) is 24.3 Å². The summed E-state index contributed by atoms with van der Waals surface area (Å²) in [7, 11) is 0. The van der Waals surface area contributed by atoms with Crippen molar-refractivity contribution in [1.82, 2.24) is 0 Å². The Balaban J connectivity index is 0.000000921. The summed E-state index contributed by atoms with van der Waals surface area (Å²) in [5.41, 5.74) is 2.68. The molecule has 0 heterocycles. The number of hydrogen-bond acceptors (Lipinski definition) is 1. The summed E-state index contributed by atoms with van der Waals surface area (Å²) in [6.07, 6.45) is 2.39. The molecule has 1 nitrogen and oxygen atoms in total. The Kier molecular flexibility index (Phi) is 9.19. The predicted octanol–water partition coefficient (Wildman–Crippen LogP) is 4.20. The topological polar surface area (TPSA) is 9.23 Å². The minimum atomic E-state index is 0.739. The van der Waals surface area contributed by atoms with Gasteiger partial charge in [0.25, 0.3) is 0 Å². The fraction of sp³-hybridized carbons (Fsp3) is 0.571. The van der Waals surface area contributed by atoms with Crippen molar-refractivity contribution in [2.24, 2.45) is 0 Å². The molecule has 0 N–H and O–H groups in total. The minimum Gasteiger partial charge on any atom is -0.377 e. The zero-order valence-corrected chi connectivity index (χ0v) is 10.5. The maximum Gasteiger partial charge on any atom is 0.0716 e. The van der Waals surface area contributed by atoms with Crippen LogP contribution in [0.5, 0.6) is 0 Å². The van der Waals surface area contributed by atoms with Crippen molar-refractivity contribution in [2.75, 3.05) is 6.61 Å². The van der Waals surface area contributed by atoms with Gasteiger partial charge in [0.05, 0.1) is 6.61 Å². The van der Waals surface area contributed by atoms with Gasteiger partial charge >= 0.3 is 0 Å². The van der Waals surface area contributed by atoms with Gasteiger partial charge in [-0.15, -0.1) is 0 Å². The molecule has 0 amide bonds. The Morgan fingerprint density at radius 3 is 1.93 bits per heavy atom. The molecule has 0 unspecified atom stereocenters. The van der Waals surface area contributed by atoms with Gasteiger partial charge in [0.1, 0.15) is 0 Å². The van der Waals surface area contributed by atoms with E-state index in [1.54, 1.807) is 0 Å². The van der Waals surface area contributed by atoms with Crippen molar-refractivity contribution < 1.29 is 4.74 Å². The van der Waals surface area contributed by atoms with Gasteiger partial charge in [-0.2, -0.15) is 0 Å². The van der Waals surface area contributed by atoms with Crippen molar-refractivity contribution >= 4 is 0 Å². The third-order valence-corrected chi connectivity index (χ3v) is 2.03. The van der Waals surface area contributed by atoms with E-state index in [-0.39, 0.29) is 0 Å². The molecule has 0 radical (unpaired) electrons. The molecule has 0 aliphatic rings. The Morgan fingerprint density at radius 1 is 0.933 bits per heavy atom. The van der Waals surface area contributed by atoms with Crippen LogP contribution in [0, 0.1) is 0 Å². The van der Waals surface area contributed by atoms with E-state index in [4.69, 9.17) is 4.74 Å². The second-order valence-corrected chi connectivity index (χ2v) is 3.20. The standard InChI is InChI=1S/C12H18O.C2H6/c1-3-5-11-6-8-12(9-7-11)10-13-4-2;1-2/h6-9H,3-5,10H2,1-2H3;1-2H3. The van der Waals surface area contributed by atoms with E-state index in [1.165, 1.54) is 24.0 Å². The van der Waals surface area contributed by atoms with E-state index in [1.807, 2.05) is 20.8 Å². The van der Waals surface area contributed by atoms with E-state index in [0.717, 1.165) is 13.2 Å². The van der Waals surface area contributed by atoms with E-state index < -0.39 is 0 Å². The van der Waals surface area contributed by atoms with Crippen LogP contribution in [0.4, 0.5) is 0 Å². The van der Waals surface area contributed by atoms with Gasteiger partial charge in [-0.3, -0.25) is 0 Å². The van der Waals surface area contributed by atoms with E-state index in [9.17, 15) is 0 Å². The van der Waals surface area contributed by atoms with Crippen LogP contribution >= 0.6 is 0 Å². The Bertz CT molecular complexity index is 226. The number of hydrogen-bond donors (Lipinski definition) is 0. The first-order chi connectivity index (χ1) is 7.36. The average Bonchev–Trinajstić information content (AvgIpc) is 2.31. The molecule has 0 bridgehead atoms. The van der Waals surface area contributed by atoms with Crippen molar-refractivity contribution in [3.63, 3.8) is 0 Å². The van der Waals surface area contributed by atoms with Crippen LogP contribution in [0.3, 0.4) is 0 Å². The van der Waals surface area contributed by atoms with Crippen LogP contribution in [-0.2, 0) is 17.8 Å². The molecule has 0 aromatic heterocycles. The second-order valence-electron chi connectivity index (χ2n) is 3.20. The molecule has 0 fully saturated rings. The lowest BCUT2D eigenvalue weighted by molar-refractivity contribution is 0.134. The third-order valence-electron chi connectivity index (χ3n) is 2.03. The molecular weight excluding hydrogens is 184 g/mol. The van der Waals surface area contributed by atoms with Crippen LogP contribution in [0.2, 0.25) is 0 Å². The van der Waals surface area contributed by atoms with Crippen molar-refractivity contribution in [3.05, 3.63) is 35.4 Å². The Morgan fingerprint density at radius 2 is 1.47 bits per heavy atom. The van der Waals surface area contributed by atoms with E-state index in [2.05, 4.69) is 31.2 Å². The van der Waals surface area contributed by atoms with Crippen LogP contribution < -0.4 is 0 Å². The lowest BCUT2D eigenvalue weighted by Crippen LogP contribution is -1.92. The zero-order valence-electron chi connectivity index (χ0n) is 10.5. The highest BCUT2D eigenvalue weighted by atomic mass is 16.5. The second kappa shape index (κ2) is 9.72. The minimum absolute atomic E-state index is 0.739. The molecule has 0 spiro atoms. The summed E-state index contributed by atoms with van der Waals surface area (Å²) in [4.78, 5) is 0. The van der Waals surface area contributed by atoms with Crippen LogP contribution in [0.25, 0.3) is 0 Å². The van der Waals surface area contributed by atoms with E-state index in [0.29, 0.717) is 0 Å². The average molecular weight is 208 g/mol. The molecule has 0 aliphatic carbocycles. The zero-order chi connectivity index (χ0) is 11.5. The van der Waals surface area contributed by atoms with Gasteiger partial charge < -0.3 is 4.74 Å². The van der Waals surface area contributed by atoms with Gasteiger partial charge in [-0.05, 0) is 24.5 Å². The summed E-state index contributed by atoms with van der Waals surface area (Å²) >= 11 is 0. The van der Waals surface area contributed by atoms with Gasteiger partial charge in [0, 0.05) is 6.61 Å².